The van der Waals surface area contributed by atoms with Crippen LogP contribution in [0.5, 0.6) is 11.6 Å². The molecule has 0 spiro atoms. The number of rotatable bonds is 5. The van der Waals surface area contributed by atoms with Gasteiger partial charge in [-0.1, -0.05) is 0 Å². The van der Waals surface area contributed by atoms with Crippen LogP contribution < -0.4 is 9.47 Å². The lowest BCUT2D eigenvalue weighted by Gasteiger charge is -2.15. The van der Waals surface area contributed by atoms with Gasteiger partial charge < -0.3 is 14.2 Å². The quantitative estimate of drug-likeness (QED) is 0.780. The number of halogens is 3. The lowest BCUT2D eigenvalue weighted by atomic mass is 10.1. The molecule has 112 valence electrons. The van der Waals surface area contributed by atoms with Gasteiger partial charge >= 0.3 is 12.3 Å². The highest BCUT2D eigenvalue weighted by molar-refractivity contribution is 5.73. The Kier molecular flexibility index (Phi) is 5.18. The Morgan fingerprint density at radius 3 is 2.55 bits per heavy atom. The predicted octanol–water partition coefficient (Wildman–Crippen LogP) is 2.40. The first-order valence-corrected chi connectivity index (χ1v) is 5.72. The Balaban J connectivity index is 3.15. The van der Waals surface area contributed by atoms with Crippen molar-refractivity contribution in [2.45, 2.75) is 26.6 Å². The van der Waals surface area contributed by atoms with Crippen LogP contribution in [-0.4, -0.2) is 31.0 Å². The first kappa shape index (κ1) is 16.1. The number of methoxy groups -OCH3 is 1. The third-order valence-electron chi connectivity index (χ3n) is 2.25. The number of hydrogen-bond acceptors (Lipinski definition) is 5. The van der Waals surface area contributed by atoms with Gasteiger partial charge in [-0.3, -0.25) is 4.79 Å². The molecule has 0 saturated carbocycles. The number of ether oxygens (including phenoxy) is 3. The zero-order valence-corrected chi connectivity index (χ0v) is 11.2. The minimum atomic E-state index is -4.87. The normalized spacial score (nSPS) is 11.1. The smallest absolute Gasteiger partial charge is 0.481 e. The summed E-state index contributed by atoms with van der Waals surface area (Å²) < 4.78 is 50.6. The Labute approximate surface area is 113 Å². The van der Waals surface area contributed by atoms with E-state index < -0.39 is 24.5 Å². The maximum absolute atomic E-state index is 12.4. The van der Waals surface area contributed by atoms with E-state index in [-0.39, 0.29) is 23.7 Å². The Bertz CT molecular complexity index is 488. The molecule has 0 radical (unpaired) electrons. The number of carbonyl (C=O) groups excluding carboxylic acids is 1. The molecule has 0 bridgehead atoms. The van der Waals surface area contributed by atoms with E-state index in [2.05, 4.69) is 14.5 Å². The zero-order valence-electron chi connectivity index (χ0n) is 11.2. The summed E-state index contributed by atoms with van der Waals surface area (Å²) in [5.41, 5.74) is -0.0221. The molecule has 20 heavy (non-hydrogen) atoms. The number of aryl methyl sites for hydroxylation is 1. The zero-order chi connectivity index (χ0) is 15.3. The summed E-state index contributed by atoms with van der Waals surface area (Å²) in [6.07, 6.45) is -5.30. The van der Waals surface area contributed by atoms with Gasteiger partial charge in [-0.15, -0.1) is 13.2 Å². The largest absolute Gasteiger partial charge is 0.573 e. The van der Waals surface area contributed by atoms with Crippen molar-refractivity contribution in [2.24, 2.45) is 0 Å². The number of esters is 1. The van der Waals surface area contributed by atoms with Crippen LogP contribution in [0.1, 0.15) is 18.2 Å². The SMILES string of the molecule is CCOC(=O)Cc1nc(OC)cc(C)c1OC(F)(F)F. The lowest BCUT2D eigenvalue weighted by Crippen LogP contribution is -2.20. The maximum atomic E-state index is 12.4. The van der Waals surface area contributed by atoms with E-state index in [1.807, 2.05) is 0 Å². The summed E-state index contributed by atoms with van der Waals surface area (Å²) >= 11 is 0. The molecule has 0 aromatic carbocycles. The third kappa shape index (κ3) is 4.60. The van der Waals surface area contributed by atoms with Crippen molar-refractivity contribution in [2.75, 3.05) is 13.7 Å². The molecule has 1 aromatic heterocycles. The van der Waals surface area contributed by atoms with Crippen molar-refractivity contribution < 1.29 is 32.2 Å². The molecule has 1 rings (SSSR count). The fourth-order valence-electron chi connectivity index (χ4n) is 1.52. The topological polar surface area (TPSA) is 57.7 Å². The molecule has 0 fully saturated rings. The molecule has 0 aliphatic heterocycles. The highest BCUT2D eigenvalue weighted by atomic mass is 19.4. The van der Waals surface area contributed by atoms with Crippen LogP contribution in [-0.2, 0) is 16.0 Å². The minimum Gasteiger partial charge on any atom is -0.481 e. The van der Waals surface area contributed by atoms with E-state index in [0.717, 1.165) is 0 Å². The molecule has 0 unspecified atom stereocenters. The number of alkyl halides is 3. The van der Waals surface area contributed by atoms with Crippen LogP contribution in [0.25, 0.3) is 0 Å². The van der Waals surface area contributed by atoms with Gasteiger partial charge in [-0.2, -0.15) is 0 Å². The van der Waals surface area contributed by atoms with Gasteiger partial charge in [0.2, 0.25) is 5.88 Å². The minimum absolute atomic E-state index is 0.0938. The van der Waals surface area contributed by atoms with Crippen LogP contribution >= 0.6 is 0 Å². The Morgan fingerprint density at radius 1 is 1.40 bits per heavy atom. The predicted molar refractivity (Wildman–Crippen MR) is 62.5 cm³/mol. The van der Waals surface area contributed by atoms with E-state index in [4.69, 9.17) is 4.74 Å². The summed E-state index contributed by atoms with van der Waals surface area (Å²) in [5.74, 6) is -1.11. The van der Waals surface area contributed by atoms with Gasteiger partial charge in [-0.25, -0.2) is 4.98 Å². The number of hydrogen-bond donors (Lipinski definition) is 0. The molecule has 0 atom stereocenters. The van der Waals surface area contributed by atoms with E-state index >= 15 is 0 Å². The van der Waals surface area contributed by atoms with Crippen molar-refractivity contribution in [1.82, 2.24) is 4.98 Å². The summed E-state index contributed by atoms with van der Waals surface area (Å²) in [6.45, 7) is 3.12. The summed E-state index contributed by atoms with van der Waals surface area (Å²) in [4.78, 5) is 15.2. The molecule has 1 heterocycles. The van der Waals surface area contributed by atoms with Gasteiger partial charge in [0.25, 0.3) is 0 Å². The van der Waals surface area contributed by atoms with Crippen molar-refractivity contribution >= 4 is 5.97 Å². The van der Waals surface area contributed by atoms with Gasteiger partial charge in [0.05, 0.1) is 25.8 Å². The van der Waals surface area contributed by atoms with E-state index in [9.17, 15) is 18.0 Å². The summed E-state index contributed by atoms with van der Waals surface area (Å²) in [5, 5.41) is 0. The lowest BCUT2D eigenvalue weighted by molar-refractivity contribution is -0.275. The van der Waals surface area contributed by atoms with Crippen LogP contribution in [0.3, 0.4) is 0 Å². The number of pyridine rings is 1. The van der Waals surface area contributed by atoms with Crippen molar-refractivity contribution in [3.8, 4) is 11.6 Å². The van der Waals surface area contributed by atoms with Gasteiger partial charge in [0, 0.05) is 6.07 Å². The second-order valence-electron chi connectivity index (χ2n) is 3.79. The van der Waals surface area contributed by atoms with Crippen molar-refractivity contribution in [3.05, 3.63) is 17.3 Å². The van der Waals surface area contributed by atoms with Gasteiger partial charge in [-0.05, 0) is 19.4 Å². The third-order valence-corrected chi connectivity index (χ3v) is 2.25. The van der Waals surface area contributed by atoms with E-state index in [0.29, 0.717) is 0 Å². The average Bonchev–Trinajstić information content (AvgIpc) is 2.32. The van der Waals surface area contributed by atoms with Crippen LogP contribution in [0.2, 0.25) is 0 Å². The average molecular weight is 293 g/mol. The van der Waals surface area contributed by atoms with Crippen molar-refractivity contribution in [3.63, 3.8) is 0 Å². The van der Waals surface area contributed by atoms with Crippen LogP contribution in [0.4, 0.5) is 13.2 Å². The van der Waals surface area contributed by atoms with Crippen LogP contribution in [0.15, 0.2) is 6.07 Å². The Hall–Kier alpha value is -1.99. The maximum Gasteiger partial charge on any atom is 0.573 e. The number of aromatic nitrogens is 1. The highest BCUT2D eigenvalue weighted by Crippen LogP contribution is 2.31. The molecule has 8 heteroatoms. The molecular formula is C12H14F3NO4. The number of carbonyl (C=O) groups is 1. The second-order valence-corrected chi connectivity index (χ2v) is 3.79. The first-order valence-electron chi connectivity index (χ1n) is 5.72. The van der Waals surface area contributed by atoms with Crippen molar-refractivity contribution in [1.29, 1.82) is 0 Å². The first-order chi connectivity index (χ1) is 9.26. The molecule has 0 amide bonds. The molecule has 0 saturated heterocycles. The van der Waals surface area contributed by atoms with Crippen LogP contribution in [0, 0.1) is 6.92 Å². The molecule has 1 aromatic rings. The highest BCUT2D eigenvalue weighted by Gasteiger charge is 2.34. The van der Waals surface area contributed by atoms with Gasteiger partial charge in [0.15, 0.2) is 5.75 Å². The standard InChI is InChI=1S/C12H14F3NO4/c1-4-19-10(17)6-8-11(20-12(13,14)15)7(2)5-9(16-8)18-3/h5H,4,6H2,1-3H3. The fraction of sp³-hybridized carbons (Fsp3) is 0.500. The molecule has 0 aliphatic carbocycles. The number of nitrogens with zero attached hydrogens (tertiary/aromatic N) is 1. The summed E-state index contributed by atoms with van der Waals surface area (Å²) in [6, 6.07) is 1.29. The molecule has 0 N–H and O–H groups in total. The van der Waals surface area contributed by atoms with E-state index in [1.54, 1.807) is 6.92 Å². The monoisotopic (exact) mass is 293 g/mol. The summed E-state index contributed by atoms with van der Waals surface area (Å²) in [7, 11) is 1.32. The molecular weight excluding hydrogens is 279 g/mol. The molecule has 5 nitrogen and oxygen atoms in total. The Morgan fingerprint density at radius 2 is 2.05 bits per heavy atom. The van der Waals surface area contributed by atoms with E-state index in [1.165, 1.54) is 20.1 Å². The fourth-order valence-corrected chi connectivity index (χ4v) is 1.52. The molecule has 0 aliphatic rings. The second kappa shape index (κ2) is 6.44. The van der Waals surface area contributed by atoms with Gasteiger partial charge in [0.1, 0.15) is 0 Å².